The zero-order valence-electron chi connectivity index (χ0n) is 11.7. The average molecular weight is 297 g/mol. The topological polar surface area (TPSA) is 71.0 Å². The SMILES string of the molecule is COCCN(C)CCN=C1NS(=O)(=O)c2ccccc21. The highest BCUT2D eigenvalue weighted by atomic mass is 32.2. The lowest BCUT2D eigenvalue weighted by molar-refractivity contribution is 0.163. The van der Waals surface area contributed by atoms with Gasteiger partial charge in [-0.3, -0.25) is 9.71 Å². The normalized spacial score (nSPS) is 18.2. The van der Waals surface area contributed by atoms with Crippen LogP contribution in [0.1, 0.15) is 5.56 Å². The van der Waals surface area contributed by atoms with Crippen LogP contribution in [0, 0.1) is 0 Å². The lowest BCUT2D eigenvalue weighted by atomic mass is 10.2. The lowest BCUT2D eigenvalue weighted by Crippen LogP contribution is -2.27. The van der Waals surface area contributed by atoms with E-state index in [0.717, 1.165) is 13.1 Å². The van der Waals surface area contributed by atoms with Gasteiger partial charge in [-0.05, 0) is 19.2 Å². The van der Waals surface area contributed by atoms with E-state index < -0.39 is 10.0 Å². The molecule has 6 nitrogen and oxygen atoms in total. The molecule has 1 heterocycles. The molecule has 0 spiro atoms. The molecule has 0 aromatic heterocycles. The molecule has 1 aromatic rings. The fourth-order valence-electron chi connectivity index (χ4n) is 1.94. The number of nitrogens with zero attached hydrogens (tertiary/aromatic N) is 2. The van der Waals surface area contributed by atoms with Crippen LogP contribution in [0.25, 0.3) is 0 Å². The van der Waals surface area contributed by atoms with Crippen molar-refractivity contribution in [1.29, 1.82) is 0 Å². The summed E-state index contributed by atoms with van der Waals surface area (Å²) < 4.78 is 31.3. The smallest absolute Gasteiger partial charge is 0.263 e. The van der Waals surface area contributed by atoms with Gasteiger partial charge in [0, 0.05) is 25.8 Å². The number of hydrogen-bond acceptors (Lipinski definition) is 5. The van der Waals surface area contributed by atoms with Crippen LogP contribution in [0.5, 0.6) is 0 Å². The number of benzene rings is 1. The van der Waals surface area contributed by atoms with E-state index in [1.165, 1.54) is 0 Å². The minimum Gasteiger partial charge on any atom is -0.383 e. The second-order valence-electron chi connectivity index (χ2n) is 4.63. The maximum Gasteiger partial charge on any atom is 0.263 e. The first kappa shape index (κ1) is 15.0. The summed E-state index contributed by atoms with van der Waals surface area (Å²) in [5.41, 5.74) is 0.645. The summed E-state index contributed by atoms with van der Waals surface area (Å²) in [6, 6.07) is 6.87. The Hall–Kier alpha value is -1.44. The van der Waals surface area contributed by atoms with E-state index in [4.69, 9.17) is 4.74 Å². The van der Waals surface area contributed by atoms with E-state index in [0.29, 0.717) is 29.4 Å². The van der Waals surface area contributed by atoms with Gasteiger partial charge in [-0.1, -0.05) is 12.1 Å². The number of rotatable bonds is 6. The van der Waals surface area contributed by atoms with E-state index in [1.807, 2.05) is 13.1 Å². The first-order valence-electron chi connectivity index (χ1n) is 6.39. The van der Waals surface area contributed by atoms with Crippen molar-refractivity contribution in [3.8, 4) is 0 Å². The van der Waals surface area contributed by atoms with Gasteiger partial charge in [0.2, 0.25) is 0 Å². The van der Waals surface area contributed by atoms with Gasteiger partial charge < -0.3 is 9.64 Å². The monoisotopic (exact) mass is 297 g/mol. The Morgan fingerprint density at radius 3 is 2.80 bits per heavy atom. The molecule has 1 aliphatic heterocycles. The molecule has 0 saturated heterocycles. The standard InChI is InChI=1S/C13H19N3O3S/c1-16(9-10-19-2)8-7-14-13-11-5-3-4-6-12(11)20(17,18)15-13/h3-6H,7-10H2,1-2H3,(H,14,15). The zero-order chi connectivity index (χ0) is 14.6. The second-order valence-corrected chi connectivity index (χ2v) is 6.28. The predicted octanol–water partition coefficient (Wildman–Crippen LogP) is 0.303. The van der Waals surface area contributed by atoms with Crippen molar-refractivity contribution in [1.82, 2.24) is 9.62 Å². The number of nitrogens with one attached hydrogen (secondary N) is 1. The average Bonchev–Trinajstić information content (AvgIpc) is 2.69. The van der Waals surface area contributed by atoms with Gasteiger partial charge in [0.15, 0.2) is 0 Å². The number of hydrogen-bond donors (Lipinski definition) is 1. The minimum absolute atomic E-state index is 0.298. The summed E-state index contributed by atoms with van der Waals surface area (Å²) in [6.07, 6.45) is 0. The third kappa shape index (κ3) is 3.36. The second kappa shape index (κ2) is 6.34. The number of amidine groups is 1. The summed E-state index contributed by atoms with van der Waals surface area (Å²) >= 11 is 0. The van der Waals surface area contributed by atoms with E-state index in [1.54, 1.807) is 25.3 Å². The number of fused-ring (bicyclic) bond motifs is 1. The van der Waals surface area contributed by atoms with Crippen LogP contribution in [-0.4, -0.2) is 59.6 Å². The van der Waals surface area contributed by atoms with Crippen LogP contribution in [0.4, 0.5) is 0 Å². The Kier molecular flexibility index (Phi) is 4.74. The number of likely N-dealkylation sites (N-methyl/N-ethyl adjacent to an activating group) is 1. The highest BCUT2D eigenvalue weighted by Gasteiger charge is 2.29. The third-order valence-electron chi connectivity index (χ3n) is 3.09. The van der Waals surface area contributed by atoms with Crippen molar-refractivity contribution >= 4 is 15.9 Å². The van der Waals surface area contributed by atoms with Gasteiger partial charge in [0.05, 0.1) is 18.0 Å². The molecular weight excluding hydrogens is 278 g/mol. The molecule has 0 radical (unpaired) electrons. The van der Waals surface area contributed by atoms with Crippen molar-refractivity contribution in [3.63, 3.8) is 0 Å². The van der Waals surface area contributed by atoms with Gasteiger partial charge in [0.1, 0.15) is 5.84 Å². The zero-order valence-corrected chi connectivity index (χ0v) is 12.5. The Morgan fingerprint density at radius 2 is 2.05 bits per heavy atom. The van der Waals surface area contributed by atoms with Crippen molar-refractivity contribution in [3.05, 3.63) is 29.8 Å². The van der Waals surface area contributed by atoms with E-state index in [-0.39, 0.29) is 0 Å². The molecule has 2 rings (SSSR count). The minimum atomic E-state index is -3.43. The maximum atomic E-state index is 11.9. The maximum absolute atomic E-state index is 11.9. The molecule has 0 aliphatic carbocycles. The molecule has 0 amide bonds. The highest BCUT2D eigenvalue weighted by Crippen LogP contribution is 2.21. The Labute approximate surface area is 119 Å². The van der Waals surface area contributed by atoms with E-state index >= 15 is 0 Å². The van der Waals surface area contributed by atoms with Gasteiger partial charge in [-0.25, -0.2) is 8.42 Å². The summed E-state index contributed by atoms with van der Waals surface area (Å²) in [6.45, 7) is 2.77. The Bertz CT molecular complexity index is 599. The van der Waals surface area contributed by atoms with Crippen LogP contribution in [0.3, 0.4) is 0 Å². The van der Waals surface area contributed by atoms with Gasteiger partial charge in [-0.15, -0.1) is 0 Å². The molecule has 0 bridgehead atoms. The van der Waals surface area contributed by atoms with Crippen LogP contribution in [0.15, 0.2) is 34.2 Å². The first-order valence-corrected chi connectivity index (χ1v) is 7.87. The number of ether oxygens (including phenoxy) is 1. The van der Waals surface area contributed by atoms with E-state index in [2.05, 4.69) is 14.6 Å². The fraction of sp³-hybridized carbons (Fsp3) is 0.462. The van der Waals surface area contributed by atoms with Crippen LogP contribution in [0.2, 0.25) is 0 Å². The molecule has 0 fully saturated rings. The third-order valence-corrected chi connectivity index (χ3v) is 4.49. The summed E-state index contributed by atoms with van der Waals surface area (Å²) in [4.78, 5) is 6.74. The van der Waals surface area contributed by atoms with Crippen molar-refractivity contribution in [2.75, 3.05) is 40.4 Å². The molecule has 7 heteroatoms. The lowest BCUT2D eigenvalue weighted by Gasteiger charge is -2.14. The summed E-state index contributed by atoms with van der Waals surface area (Å²) in [5, 5.41) is 0. The molecule has 20 heavy (non-hydrogen) atoms. The van der Waals surface area contributed by atoms with Gasteiger partial charge in [0.25, 0.3) is 10.0 Å². The quantitative estimate of drug-likeness (QED) is 0.820. The molecule has 1 aliphatic rings. The number of aliphatic imine (C=N–C) groups is 1. The van der Waals surface area contributed by atoms with Gasteiger partial charge in [-0.2, -0.15) is 0 Å². The largest absolute Gasteiger partial charge is 0.383 e. The first-order chi connectivity index (χ1) is 9.54. The number of sulfonamides is 1. The molecule has 0 atom stereocenters. The predicted molar refractivity (Wildman–Crippen MR) is 77.5 cm³/mol. The van der Waals surface area contributed by atoms with Crippen LogP contribution < -0.4 is 4.72 Å². The molecule has 110 valence electrons. The molecule has 1 N–H and O–H groups in total. The van der Waals surface area contributed by atoms with Gasteiger partial charge >= 0.3 is 0 Å². The van der Waals surface area contributed by atoms with Crippen molar-refractivity contribution in [2.45, 2.75) is 4.90 Å². The van der Waals surface area contributed by atoms with Crippen molar-refractivity contribution in [2.24, 2.45) is 4.99 Å². The molecular formula is C13H19N3O3S. The summed E-state index contributed by atoms with van der Waals surface area (Å²) in [5.74, 6) is 0.431. The number of methoxy groups -OCH3 is 1. The van der Waals surface area contributed by atoms with Crippen LogP contribution >= 0.6 is 0 Å². The highest BCUT2D eigenvalue weighted by molar-refractivity contribution is 7.90. The van der Waals surface area contributed by atoms with E-state index in [9.17, 15) is 8.42 Å². The van der Waals surface area contributed by atoms with Crippen molar-refractivity contribution < 1.29 is 13.2 Å². The molecule has 1 aromatic carbocycles. The van der Waals surface area contributed by atoms with Crippen LogP contribution in [-0.2, 0) is 14.8 Å². The molecule has 0 unspecified atom stereocenters. The summed E-state index contributed by atoms with van der Waals surface area (Å²) in [7, 11) is 0.209. The fourth-order valence-corrected chi connectivity index (χ4v) is 3.19. The Morgan fingerprint density at radius 1 is 1.30 bits per heavy atom. The Balaban J connectivity index is 2.03. The molecule has 0 saturated carbocycles.